The van der Waals surface area contributed by atoms with E-state index in [-0.39, 0.29) is 11.9 Å². The predicted molar refractivity (Wildman–Crippen MR) is 95.1 cm³/mol. The van der Waals surface area contributed by atoms with E-state index in [2.05, 4.69) is 15.3 Å². The Hall–Kier alpha value is -3.08. The number of nitrogens with zero attached hydrogens (tertiary/aromatic N) is 1. The number of nitrogens with one attached hydrogen (secondary N) is 2. The quantitative estimate of drug-likeness (QED) is 0.770. The Labute approximate surface area is 146 Å². The highest BCUT2D eigenvalue weighted by Crippen LogP contribution is 2.28. The van der Waals surface area contributed by atoms with Crippen LogP contribution in [0.25, 0.3) is 11.3 Å². The fraction of sp³-hybridized carbons (Fsp3) is 0.200. The summed E-state index contributed by atoms with van der Waals surface area (Å²) in [6, 6.07) is 17.5. The summed E-state index contributed by atoms with van der Waals surface area (Å²) in [4.78, 5) is 20.2. The number of aromatic amines is 1. The number of H-pyrrole nitrogens is 1. The largest absolute Gasteiger partial charge is 0.480 e. The van der Waals surface area contributed by atoms with E-state index in [1.165, 1.54) is 0 Å². The molecule has 1 aromatic heterocycles. The van der Waals surface area contributed by atoms with Gasteiger partial charge in [-0.1, -0.05) is 48.5 Å². The van der Waals surface area contributed by atoms with Crippen LogP contribution in [0.4, 0.5) is 0 Å². The topological polar surface area (TPSA) is 67.0 Å². The molecule has 5 nitrogen and oxygen atoms in total. The van der Waals surface area contributed by atoms with Crippen molar-refractivity contribution in [3.05, 3.63) is 72.2 Å². The number of carbonyl (C=O) groups excluding carboxylic acids is 1. The normalized spacial score (nSPS) is 16.8. The van der Waals surface area contributed by atoms with Crippen molar-refractivity contribution in [2.45, 2.75) is 25.5 Å². The smallest absolute Gasteiger partial charge is 0.262 e. The van der Waals surface area contributed by atoms with Crippen LogP contribution in [-0.2, 0) is 11.2 Å². The Morgan fingerprint density at radius 2 is 1.96 bits per heavy atom. The van der Waals surface area contributed by atoms with E-state index in [0.29, 0.717) is 6.42 Å². The van der Waals surface area contributed by atoms with Crippen LogP contribution in [-0.4, -0.2) is 22.0 Å². The highest BCUT2D eigenvalue weighted by Gasteiger charge is 2.30. The lowest BCUT2D eigenvalue weighted by molar-refractivity contribution is -0.127. The Morgan fingerprint density at radius 3 is 2.76 bits per heavy atom. The molecular weight excluding hydrogens is 314 g/mol. The first-order chi connectivity index (χ1) is 12.2. The van der Waals surface area contributed by atoms with Gasteiger partial charge in [0.15, 0.2) is 6.10 Å². The monoisotopic (exact) mass is 333 g/mol. The summed E-state index contributed by atoms with van der Waals surface area (Å²) in [5.74, 6) is 1.39. The summed E-state index contributed by atoms with van der Waals surface area (Å²) in [6.07, 6.45) is 1.90. The van der Waals surface area contributed by atoms with Crippen molar-refractivity contribution in [3.8, 4) is 17.0 Å². The lowest BCUT2D eigenvalue weighted by atomic mass is 10.1. The molecule has 3 aromatic rings. The van der Waals surface area contributed by atoms with Crippen LogP contribution in [0, 0.1) is 0 Å². The number of benzene rings is 2. The molecule has 0 aliphatic carbocycles. The van der Waals surface area contributed by atoms with E-state index < -0.39 is 6.10 Å². The van der Waals surface area contributed by atoms with E-state index in [1.54, 1.807) is 6.20 Å². The molecule has 0 saturated carbocycles. The standard InChI is InChI=1S/C20H19N3O2/c1-13(19-21-12-16(23-19)14-7-3-2-4-8-14)22-20(24)18-11-15-9-5-6-10-17(15)25-18/h2-10,12-13,18H,11H2,1H3,(H,21,23)(H,22,24)/t13-,18+/m1/s1. The third-order valence-corrected chi connectivity index (χ3v) is 4.39. The third kappa shape index (κ3) is 3.13. The van der Waals surface area contributed by atoms with Gasteiger partial charge in [0.05, 0.1) is 17.9 Å². The SMILES string of the molecule is C[C@@H](NC(=O)[C@@H]1Cc2ccccc2O1)c1ncc(-c2ccccc2)[nH]1. The van der Waals surface area contributed by atoms with Gasteiger partial charge >= 0.3 is 0 Å². The summed E-state index contributed by atoms with van der Waals surface area (Å²) in [5.41, 5.74) is 3.07. The number of amides is 1. The van der Waals surface area contributed by atoms with Gasteiger partial charge in [0.1, 0.15) is 11.6 Å². The molecule has 2 N–H and O–H groups in total. The first-order valence-electron chi connectivity index (χ1n) is 8.36. The number of aromatic nitrogens is 2. The third-order valence-electron chi connectivity index (χ3n) is 4.39. The molecule has 1 aliphatic heterocycles. The van der Waals surface area contributed by atoms with Crippen molar-refractivity contribution in [1.29, 1.82) is 0 Å². The Kier molecular flexibility index (Phi) is 3.98. The van der Waals surface area contributed by atoms with Gasteiger partial charge in [-0.2, -0.15) is 0 Å². The maximum Gasteiger partial charge on any atom is 0.262 e. The molecule has 2 aromatic carbocycles. The second-order valence-electron chi connectivity index (χ2n) is 6.20. The summed E-state index contributed by atoms with van der Waals surface area (Å²) in [7, 11) is 0. The Morgan fingerprint density at radius 1 is 1.20 bits per heavy atom. The number of para-hydroxylation sites is 1. The molecule has 0 spiro atoms. The van der Waals surface area contributed by atoms with Crippen molar-refractivity contribution >= 4 is 5.91 Å². The van der Waals surface area contributed by atoms with E-state index >= 15 is 0 Å². The fourth-order valence-electron chi connectivity index (χ4n) is 3.02. The van der Waals surface area contributed by atoms with Crippen LogP contribution >= 0.6 is 0 Å². The molecule has 126 valence electrons. The summed E-state index contributed by atoms with van der Waals surface area (Å²) >= 11 is 0. The van der Waals surface area contributed by atoms with Crippen molar-refractivity contribution in [3.63, 3.8) is 0 Å². The van der Waals surface area contributed by atoms with Gasteiger partial charge in [-0.05, 0) is 24.1 Å². The van der Waals surface area contributed by atoms with Gasteiger partial charge in [0, 0.05) is 6.42 Å². The van der Waals surface area contributed by atoms with E-state index in [4.69, 9.17) is 4.74 Å². The molecule has 5 heteroatoms. The van der Waals surface area contributed by atoms with Gasteiger partial charge < -0.3 is 15.0 Å². The summed E-state index contributed by atoms with van der Waals surface area (Å²) < 4.78 is 5.74. The average Bonchev–Trinajstić information content (AvgIpc) is 3.29. The molecule has 2 heterocycles. The zero-order chi connectivity index (χ0) is 17.2. The molecule has 1 aliphatic rings. The Bertz CT molecular complexity index is 864. The number of hydrogen-bond acceptors (Lipinski definition) is 3. The van der Waals surface area contributed by atoms with Crippen molar-refractivity contribution in [2.24, 2.45) is 0 Å². The van der Waals surface area contributed by atoms with Gasteiger partial charge in [-0.15, -0.1) is 0 Å². The van der Waals surface area contributed by atoms with Crippen LogP contribution < -0.4 is 10.1 Å². The van der Waals surface area contributed by atoms with E-state index in [0.717, 1.165) is 28.4 Å². The predicted octanol–water partition coefficient (Wildman–Crippen LogP) is 3.26. The lowest BCUT2D eigenvalue weighted by Crippen LogP contribution is -2.39. The molecule has 1 amide bonds. The zero-order valence-corrected chi connectivity index (χ0v) is 13.9. The molecule has 4 rings (SSSR count). The maximum absolute atomic E-state index is 12.5. The van der Waals surface area contributed by atoms with Crippen LogP contribution in [0.1, 0.15) is 24.4 Å². The number of hydrogen-bond donors (Lipinski definition) is 2. The van der Waals surface area contributed by atoms with Crippen LogP contribution in [0.2, 0.25) is 0 Å². The molecule has 25 heavy (non-hydrogen) atoms. The number of rotatable bonds is 4. The zero-order valence-electron chi connectivity index (χ0n) is 13.9. The van der Waals surface area contributed by atoms with E-state index in [9.17, 15) is 4.79 Å². The van der Waals surface area contributed by atoms with Crippen LogP contribution in [0.5, 0.6) is 5.75 Å². The minimum atomic E-state index is -0.483. The van der Waals surface area contributed by atoms with Crippen molar-refractivity contribution in [1.82, 2.24) is 15.3 Å². The number of carbonyl (C=O) groups is 1. The van der Waals surface area contributed by atoms with Gasteiger partial charge in [0.25, 0.3) is 5.91 Å². The molecule has 2 atom stereocenters. The number of fused-ring (bicyclic) bond motifs is 1. The molecular formula is C20H19N3O2. The maximum atomic E-state index is 12.5. The molecule has 0 radical (unpaired) electrons. The fourth-order valence-corrected chi connectivity index (χ4v) is 3.02. The van der Waals surface area contributed by atoms with E-state index in [1.807, 2.05) is 61.5 Å². The summed E-state index contributed by atoms with van der Waals surface area (Å²) in [5, 5.41) is 2.98. The van der Waals surface area contributed by atoms with Crippen molar-refractivity contribution < 1.29 is 9.53 Å². The van der Waals surface area contributed by atoms with Gasteiger partial charge in [-0.25, -0.2) is 4.98 Å². The first kappa shape index (κ1) is 15.4. The molecule has 0 fully saturated rings. The molecule has 0 unspecified atom stereocenters. The second kappa shape index (κ2) is 6.43. The minimum Gasteiger partial charge on any atom is -0.480 e. The van der Waals surface area contributed by atoms with Crippen LogP contribution in [0.3, 0.4) is 0 Å². The average molecular weight is 333 g/mol. The molecule has 0 saturated heterocycles. The second-order valence-corrected chi connectivity index (χ2v) is 6.20. The van der Waals surface area contributed by atoms with Gasteiger partial charge in [-0.3, -0.25) is 4.79 Å². The highest BCUT2D eigenvalue weighted by molar-refractivity contribution is 5.82. The van der Waals surface area contributed by atoms with Gasteiger partial charge in [0.2, 0.25) is 0 Å². The molecule has 0 bridgehead atoms. The van der Waals surface area contributed by atoms with Crippen molar-refractivity contribution in [2.75, 3.05) is 0 Å². The number of imidazole rings is 1. The number of ether oxygens (including phenoxy) is 1. The highest BCUT2D eigenvalue weighted by atomic mass is 16.5. The Balaban J connectivity index is 1.42. The lowest BCUT2D eigenvalue weighted by Gasteiger charge is -2.15. The van der Waals surface area contributed by atoms with Crippen LogP contribution in [0.15, 0.2) is 60.8 Å². The summed E-state index contributed by atoms with van der Waals surface area (Å²) in [6.45, 7) is 1.91. The minimum absolute atomic E-state index is 0.124. The first-order valence-corrected chi connectivity index (χ1v) is 8.36.